The molecule has 0 spiro atoms. The minimum Gasteiger partial charge on any atom is -0.350 e. The number of anilines is 4. The van der Waals surface area contributed by atoms with Crippen LogP contribution in [-0.4, -0.2) is 40.5 Å². The van der Waals surface area contributed by atoms with Crippen LogP contribution in [0.25, 0.3) is 21.5 Å². The van der Waals surface area contributed by atoms with Crippen LogP contribution in [0.15, 0.2) is 72.8 Å². The monoisotopic (exact) mass is 394 g/mol. The van der Waals surface area contributed by atoms with E-state index in [-0.39, 0.29) is 12.3 Å². The lowest BCUT2D eigenvalue weighted by Gasteiger charge is -2.54. The lowest BCUT2D eigenvalue weighted by atomic mass is 9.97. The summed E-state index contributed by atoms with van der Waals surface area (Å²) in [7, 11) is 8.92. The van der Waals surface area contributed by atoms with Crippen LogP contribution in [0.4, 0.5) is 22.7 Å². The predicted octanol–water partition coefficient (Wildman–Crippen LogP) is 5.12. The van der Waals surface area contributed by atoms with Crippen LogP contribution in [0.1, 0.15) is 0 Å². The van der Waals surface area contributed by atoms with Crippen molar-refractivity contribution < 1.29 is 0 Å². The summed E-state index contributed by atoms with van der Waals surface area (Å²) in [6.45, 7) is 0. The smallest absolute Gasteiger partial charge is 0.141 e. The second-order valence-electron chi connectivity index (χ2n) is 8.58. The molecule has 4 nitrogen and oxygen atoms in total. The van der Waals surface area contributed by atoms with Crippen LogP contribution in [0.2, 0.25) is 0 Å². The Kier molecular flexibility index (Phi) is 3.52. The van der Waals surface area contributed by atoms with Crippen molar-refractivity contribution in [3.8, 4) is 0 Å². The van der Waals surface area contributed by atoms with Gasteiger partial charge < -0.3 is 19.6 Å². The van der Waals surface area contributed by atoms with Crippen molar-refractivity contribution in [3.63, 3.8) is 0 Å². The van der Waals surface area contributed by atoms with Gasteiger partial charge in [-0.25, -0.2) is 0 Å². The van der Waals surface area contributed by atoms with Gasteiger partial charge in [0, 0.05) is 61.7 Å². The molecule has 2 aliphatic rings. The van der Waals surface area contributed by atoms with Crippen LogP contribution in [0.3, 0.4) is 0 Å². The van der Waals surface area contributed by atoms with E-state index in [0.29, 0.717) is 0 Å². The van der Waals surface area contributed by atoms with Crippen molar-refractivity contribution in [2.75, 3.05) is 47.8 Å². The molecule has 0 bridgehead atoms. The standard InChI is InChI=1S/C26H26N4/c1-27-19-13-5-9-17-10-6-14-20(23(17)19)28(2)25(27)26-29(3)21-15-7-11-18-12-8-16-22(24(18)21)30(26)4/h5-16,25-26H,1-4H3. The maximum Gasteiger partial charge on any atom is 0.141 e. The Labute approximate surface area is 177 Å². The van der Waals surface area contributed by atoms with Crippen molar-refractivity contribution in [2.45, 2.75) is 12.3 Å². The highest BCUT2D eigenvalue weighted by atomic mass is 15.5. The lowest BCUT2D eigenvalue weighted by molar-refractivity contribution is 0.467. The molecule has 0 atom stereocenters. The summed E-state index contributed by atoms with van der Waals surface area (Å²) in [5.41, 5.74) is 5.19. The molecule has 2 aliphatic heterocycles. The topological polar surface area (TPSA) is 13.0 Å². The number of benzene rings is 4. The van der Waals surface area contributed by atoms with E-state index in [9.17, 15) is 0 Å². The van der Waals surface area contributed by atoms with Gasteiger partial charge in [0.2, 0.25) is 0 Å². The van der Waals surface area contributed by atoms with Gasteiger partial charge in [0.1, 0.15) is 12.3 Å². The summed E-state index contributed by atoms with van der Waals surface area (Å²) in [6.07, 6.45) is 0.313. The fourth-order valence-corrected chi connectivity index (χ4v) is 5.67. The van der Waals surface area contributed by atoms with Crippen molar-refractivity contribution in [1.29, 1.82) is 0 Å². The van der Waals surface area contributed by atoms with E-state index in [4.69, 9.17) is 0 Å². The molecule has 4 aromatic carbocycles. The van der Waals surface area contributed by atoms with E-state index in [2.05, 4.69) is 121 Å². The fraction of sp³-hybridized carbons (Fsp3) is 0.231. The Morgan fingerprint density at radius 1 is 0.433 bits per heavy atom. The Morgan fingerprint density at radius 3 is 0.967 bits per heavy atom. The third kappa shape index (κ3) is 2.11. The number of likely N-dealkylation sites (N-methyl/N-ethyl adjacent to an activating group) is 4. The minimum absolute atomic E-state index is 0.157. The normalized spacial score (nSPS) is 16.8. The second-order valence-corrected chi connectivity index (χ2v) is 8.58. The molecule has 30 heavy (non-hydrogen) atoms. The second kappa shape index (κ2) is 6.05. The highest BCUT2D eigenvalue weighted by Gasteiger charge is 2.42. The summed E-state index contributed by atoms with van der Waals surface area (Å²) in [4.78, 5) is 9.78. The Bertz CT molecular complexity index is 1110. The van der Waals surface area contributed by atoms with Crippen LogP contribution < -0.4 is 19.6 Å². The highest BCUT2D eigenvalue weighted by molar-refractivity contribution is 6.07. The summed E-state index contributed by atoms with van der Waals surface area (Å²) in [5.74, 6) is 0. The zero-order valence-corrected chi connectivity index (χ0v) is 17.9. The van der Waals surface area contributed by atoms with Gasteiger partial charge in [0.05, 0.1) is 0 Å². The summed E-state index contributed by atoms with van der Waals surface area (Å²) in [5, 5.41) is 5.26. The third-order valence-electron chi connectivity index (χ3n) is 7.10. The molecular formula is C26H26N4. The Balaban J connectivity index is 1.54. The van der Waals surface area contributed by atoms with E-state index in [1.807, 2.05) is 0 Å². The quantitative estimate of drug-likeness (QED) is 0.444. The largest absolute Gasteiger partial charge is 0.350 e. The average molecular weight is 395 g/mol. The molecule has 150 valence electrons. The van der Waals surface area contributed by atoms with E-state index in [1.165, 1.54) is 44.3 Å². The van der Waals surface area contributed by atoms with E-state index in [0.717, 1.165) is 0 Å². The lowest BCUT2D eigenvalue weighted by Crippen LogP contribution is -2.66. The first-order valence-electron chi connectivity index (χ1n) is 10.5. The number of nitrogens with zero attached hydrogens (tertiary/aromatic N) is 4. The van der Waals surface area contributed by atoms with Crippen molar-refractivity contribution in [1.82, 2.24) is 0 Å². The van der Waals surface area contributed by atoms with Crippen LogP contribution in [0, 0.1) is 0 Å². The molecule has 0 radical (unpaired) electrons. The van der Waals surface area contributed by atoms with E-state index in [1.54, 1.807) is 0 Å². The Morgan fingerprint density at radius 2 is 0.700 bits per heavy atom. The van der Waals surface area contributed by atoms with Gasteiger partial charge in [-0.1, -0.05) is 48.5 Å². The molecule has 0 unspecified atom stereocenters. The molecule has 0 aromatic heterocycles. The molecule has 0 aliphatic carbocycles. The molecule has 0 amide bonds. The Hall–Kier alpha value is -3.40. The van der Waals surface area contributed by atoms with Gasteiger partial charge in [-0.3, -0.25) is 0 Å². The van der Waals surface area contributed by atoms with E-state index < -0.39 is 0 Å². The van der Waals surface area contributed by atoms with Crippen LogP contribution in [-0.2, 0) is 0 Å². The predicted molar refractivity (Wildman–Crippen MR) is 129 cm³/mol. The molecule has 0 fully saturated rings. The average Bonchev–Trinajstić information content (AvgIpc) is 2.77. The summed E-state index contributed by atoms with van der Waals surface area (Å²) in [6, 6.07) is 26.5. The van der Waals surface area contributed by atoms with E-state index >= 15 is 0 Å². The van der Waals surface area contributed by atoms with Gasteiger partial charge in [0.25, 0.3) is 0 Å². The zero-order chi connectivity index (χ0) is 20.6. The minimum atomic E-state index is 0.157. The molecule has 4 aromatic rings. The van der Waals surface area contributed by atoms with Gasteiger partial charge in [-0.15, -0.1) is 0 Å². The highest BCUT2D eigenvalue weighted by Crippen LogP contribution is 2.46. The first-order valence-corrected chi connectivity index (χ1v) is 10.5. The molecule has 6 rings (SSSR count). The van der Waals surface area contributed by atoms with Crippen LogP contribution in [0.5, 0.6) is 0 Å². The van der Waals surface area contributed by atoms with Crippen molar-refractivity contribution in [2.24, 2.45) is 0 Å². The first kappa shape index (κ1) is 17.5. The molecular weight excluding hydrogens is 368 g/mol. The summed E-state index contributed by atoms with van der Waals surface area (Å²) < 4.78 is 0. The van der Waals surface area contributed by atoms with Gasteiger partial charge in [0.15, 0.2) is 0 Å². The number of hydrogen-bond acceptors (Lipinski definition) is 4. The third-order valence-corrected chi connectivity index (χ3v) is 7.10. The molecule has 4 heteroatoms. The van der Waals surface area contributed by atoms with Crippen molar-refractivity contribution >= 4 is 44.3 Å². The molecule has 0 N–H and O–H groups in total. The van der Waals surface area contributed by atoms with Crippen molar-refractivity contribution in [3.05, 3.63) is 72.8 Å². The fourth-order valence-electron chi connectivity index (χ4n) is 5.67. The van der Waals surface area contributed by atoms with Crippen LogP contribution >= 0.6 is 0 Å². The molecule has 0 saturated carbocycles. The first-order chi connectivity index (χ1) is 14.6. The maximum absolute atomic E-state index is 2.45. The van der Waals surface area contributed by atoms with Gasteiger partial charge in [-0.05, 0) is 35.0 Å². The zero-order valence-electron chi connectivity index (χ0n) is 17.9. The van der Waals surface area contributed by atoms with Gasteiger partial charge >= 0.3 is 0 Å². The SMILES string of the molecule is CN1c2cccc3cccc(c23)N(C)C1C1N(C)c2cccc3cccc(c23)N1C. The maximum atomic E-state index is 2.45. The molecule has 2 heterocycles. The number of hydrogen-bond donors (Lipinski definition) is 0. The van der Waals surface area contributed by atoms with Gasteiger partial charge in [-0.2, -0.15) is 0 Å². The summed E-state index contributed by atoms with van der Waals surface area (Å²) >= 11 is 0. The molecule has 0 saturated heterocycles. The number of rotatable bonds is 1.